The van der Waals surface area contributed by atoms with Gasteiger partial charge in [-0.05, 0) is 31.0 Å². The summed E-state index contributed by atoms with van der Waals surface area (Å²) in [6.07, 6.45) is 6.42. The average molecular weight is 383 g/mol. The molecule has 0 N–H and O–H groups in total. The van der Waals surface area contributed by atoms with Crippen LogP contribution in [0.5, 0.6) is 11.5 Å². The molecule has 0 aliphatic heterocycles. The van der Waals surface area contributed by atoms with Gasteiger partial charge in [-0.1, -0.05) is 12.8 Å². The summed E-state index contributed by atoms with van der Waals surface area (Å²) in [5.74, 6) is 1.24. The van der Waals surface area contributed by atoms with E-state index in [9.17, 15) is 9.59 Å². The number of nitrogens with zero attached hydrogens (tertiary/aromatic N) is 3. The van der Waals surface area contributed by atoms with Crippen molar-refractivity contribution in [2.45, 2.75) is 31.7 Å². The van der Waals surface area contributed by atoms with Crippen LogP contribution >= 0.6 is 0 Å². The lowest BCUT2D eigenvalue weighted by molar-refractivity contribution is 0.355. The van der Waals surface area contributed by atoms with E-state index < -0.39 is 0 Å². The van der Waals surface area contributed by atoms with Crippen LogP contribution in [0.25, 0.3) is 22.2 Å². The second-order valence-corrected chi connectivity index (χ2v) is 7.36. The maximum atomic E-state index is 13.1. The van der Waals surface area contributed by atoms with E-state index in [1.165, 1.54) is 24.5 Å². The Morgan fingerprint density at radius 2 is 1.64 bits per heavy atom. The molecule has 0 saturated heterocycles. The molecule has 0 bridgehead atoms. The van der Waals surface area contributed by atoms with E-state index in [0.29, 0.717) is 28.4 Å². The summed E-state index contributed by atoms with van der Waals surface area (Å²) in [4.78, 5) is 25.5. The number of methoxy groups -OCH3 is 2. The Morgan fingerprint density at radius 1 is 0.964 bits per heavy atom. The highest BCUT2D eigenvalue weighted by molar-refractivity contribution is 5.94. The Morgan fingerprint density at radius 3 is 2.29 bits per heavy atom. The molecule has 148 valence electrons. The summed E-state index contributed by atoms with van der Waals surface area (Å²) in [6, 6.07) is 5.99. The third-order valence-corrected chi connectivity index (χ3v) is 5.84. The number of hydrogen-bond donors (Lipinski definition) is 0. The second kappa shape index (κ2) is 6.89. The molecular formula is C21H25N3O4. The summed E-state index contributed by atoms with van der Waals surface area (Å²) in [7, 11) is 6.43. The quantitative estimate of drug-likeness (QED) is 0.695. The molecule has 1 aliphatic rings. The fourth-order valence-electron chi connectivity index (χ4n) is 4.31. The van der Waals surface area contributed by atoms with E-state index in [4.69, 9.17) is 9.47 Å². The fourth-order valence-corrected chi connectivity index (χ4v) is 4.31. The molecule has 28 heavy (non-hydrogen) atoms. The molecular weight excluding hydrogens is 358 g/mol. The third-order valence-electron chi connectivity index (χ3n) is 5.84. The van der Waals surface area contributed by atoms with E-state index >= 15 is 0 Å². The van der Waals surface area contributed by atoms with Gasteiger partial charge < -0.3 is 14.0 Å². The molecule has 3 aromatic rings. The van der Waals surface area contributed by atoms with Gasteiger partial charge in [0, 0.05) is 31.9 Å². The highest BCUT2D eigenvalue weighted by atomic mass is 16.5. The third kappa shape index (κ3) is 2.65. The van der Waals surface area contributed by atoms with Gasteiger partial charge in [0.1, 0.15) is 0 Å². The van der Waals surface area contributed by atoms with Crippen molar-refractivity contribution >= 4 is 10.9 Å². The largest absolute Gasteiger partial charge is 0.493 e. The van der Waals surface area contributed by atoms with Gasteiger partial charge in [-0.15, -0.1) is 0 Å². The molecule has 2 aromatic heterocycles. The van der Waals surface area contributed by atoms with Crippen LogP contribution in [0.3, 0.4) is 0 Å². The minimum absolute atomic E-state index is 0.278. The molecule has 1 aliphatic carbocycles. The number of aromatic nitrogens is 3. The number of benzene rings is 1. The molecule has 1 aromatic carbocycles. The summed E-state index contributed by atoms with van der Waals surface area (Å²) >= 11 is 0. The molecule has 0 amide bonds. The second-order valence-electron chi connectivity index (χ2n) is 7.36. The predicted octanol–water partition coefficient (Wildman–Crippen LogP) is 2.84. The standard InChI is InChI=1S/C21H25N3O4/c1-22-15-12-24(14-7-5-6-8-14)19(18(15)20(25)23(2)21(22)26)13-9-10-16(27-3)17(11-13)28-4/h9-12,14H,5-8H2,1-4H3. The Kier molecular flexibility index (Phi) is 4.53. The van der Waals surface area contributed by atoms with Gasteiger partial charge in [-0.2, -0.15) is 0 Å². The highest BCUT2D eigenvalue weighted by Gasteiger charge is 2.25. The van der Waals surface area contributed by atoms with Crippen LogP contribution in [0, 0.1) is 0 Å². The molecule has 7 nitrogen and oxygen atoms in total. The summed E-state index contributed by atoms with van der Waals surface area (Å²) in [5.41, 5.74) is 1.76. The lowest BCUT2D eigenvalue weighted by Gasteiger charge is -2.17. The maximum Gasteiger partial charge on any atom is 0.330 e. The van der Waals surface area contributed by atoms with Crippen molar-refractivity contribution in [2.75, 3.05) is 14.2 Å². The van der Waals surface area contributed by atoms with Crippen molar-refractivity contribution in [3.63, 3.8) is 0 Å². The lowest BCUT2D eigenvalue weighted by atomic mass is 10.1. The number of ether oxygens (including phenoxy) is 2. The molecule has 1 fully saturated rings. The summed E-state index contributed by atoms with van der Waals surface area (Å²) < 4.78 is 15.7. The van der Waals surface area contributed by atoms with E-state index in [1.807, 2.05) is 24.4 Å². The molecule has 7 heteroatoms. The van der Waals surface area contributed by atoms with E-state index in [1.54, 1.807) is 25.8 Å². The van der Waals surface area contributed by atoms with Gasteiger partial charge in [-0.25, -0.2) is 4.79 Å². The zero-order valence-electron chi connectivity index (χ0n) is 16.7. The first-order valence-corrected chi connectivity index (χ1v) is 9.51. The molecule has 0 spiro atoms. The van der Waals surface area contributed by atoms with Crippen molar-refractivity contribution in [1.82, 2.24) is 13.7 Å². The first-order valence-electron chi connectivity index (χ1n) is 9.51. The first kappa shape index (κ1) is 18.4. The monoisotopic (exact) mass is 383 g/mol. The van der Waals surface area contributed by atoms with Crippen LogP contribution < -0.4 is 20.7 Å². The van der Waals surface area contributed by atoms with Gasteiger partial charge >= 0.3 is 5.69 Å². The Balaban J connectivity index is 2.10. The Labute approximate surface area is 162 Å². The average Bonchev–Trinajstić information content (AvgIpc) is 3.37. The topological polar surface area (TPSA) is 67.4 Å². The fraction of sp³-hybridized carbons (Fsp3) is 0.429. The normalized spacial score (nSPS) is 14.7. The molecule has 2 heterocycles. The first-order chi connectivity index (χ1) is 13.5. The van der Waals surface area contributed by atoms with Crippen LogP contribution in [-0.4, -0.2) is 27.9 Å². The van der Waals surface area contributed by atoms with Gasteiger partial charge in [-0.3, -0.25) is 13.9 Å². The minimum atomic E-state index is -0.320. The van der Waals surface area contributed by atoms with E-state index in [-0.39, 0.29) is 11.2 Å². The van der Waals surface area contributed by atoms with Crippen molar-refractivity contribution in [1.29, 1.82) is 0 Å². The zero-order valence-corrected chi connectivity index (χ0v) is 16.7. The smallest absolute Gasteiger partial charge is 0.330 e. The van der Waals surface area contributed by atoms with Crippen LogP contribution in [0.4, 0.5) is 0 Å². The number of aryl methyl sites for hydroxylation is 1. The van der Waals surface area contributed by atoms with Crippen LogP contribution in [0.1, 0.15) is 31.7 Å². The molecule has 0 radical (unpaired) electrons. The summed E-state index contributed by atoms with van der Waals surface area (Å²) in [6.45, 7) is 0. The number of rotatable bonds is 4. The molecule has 4 rings (SSSR count). The van der Waals surface area contributed by atoms with Crippen LogP contribution in [0.2, 0.25) is 0 Å². The van der Waals surface area contributed by atoms with Crippen molar-refractivity contribution in [3.05, 3.63) is 45.2 Å². The van der Waals surface area contributed by atoms with E-state index in [2.05, 4.69) is 4.57 Å². The number of fused-ring (bicyclic) bond motifs is 1. The lowest BCUT2D eigenvalue weighted by Crippen LogP contribution is -2.36. The molecule has 0 unspecified atom stereocenters. The number of hydrogen-bond acceptors (Lipinski definition) is 4. The van der Waals surface area contributed by atoms with Crippen molar-refractivity contribution in [3.8, 4) is 22.8 Å². The van der Waals surface area contributed by atoms with Gasteiger partial charge in [0.15, 0.2) is 11.5 Å². The predicted molar refractivity (Wildman–Crippen MR) is 108 cm³/mol. The van der Waals surface area contributed by atoms with E-state index in [0.717, 1.165) is 24.1 Å². The Hall–Kier alpha value is -2.96. The van der Waals surface area contributed by atoms with Gasteiger partial charge in [0.25, 0.3) is 5.56 Å². The maximum absolute atomic E-state index is 13.1. The van der Waals surface area contributed by atoms with Gasteiger partial charge in [0.05, 0.1) is 30.8 Å². The van der Waals surface area contributed by atoms with Crippen molar-refractivity contribution in [2.24, 2.45) is 14.1 Å². The van der Waals surface area contributed by atoms with Crippen LogP contribution in [-0.2, 0) is 14.1 Å². The molecule has 1 saturated carbocycles. The summed E-state index contributed by atoms with van der Waals surface area (Å²) in [5, 5.41) is 0.559. The zero-order chi connectivity index (χ0) is 20.0. The SMILES string of the molecule is COc1ccc(-c2c3c(=O)n(C)c(=O)n(C)c3cn2C2CCCC2)cc1OC. The van der Waals surface area contributed by atoms with Crippen LogP contribution in [0.15, 0.2) is 34.0 Å². The van der Waals surface area contributed by atoms with Crippen molar-refractivity contribution < 1.29 is 9.47 Å². The Bertz CT molecular complexity index is 1160. The minimum Gasteiger partial charge on any atom is -0.493 e. The molecule has 0 atom stereocenters. The van der Waals surface area contributed by atoms with Gasteiger partial charge in [0.2, 0.25) is 0 Å². The highest BCUT2D eigenvalue weighted by Crippen LogP contribution is 2.40.